The minimum atomic E-state index is -4.46. The summed E-state index contributed by atoms with van der Waals surface area (Å²) in [6.45, 7) is 0. The molecule has 0 bridgehead atoms. The fourth-order valence-corrected chi connectivity index (χ4v) is 3.42. The molecule has 1 unspecified atom stereocenters. The number of rotatable bonds is 1. The van der Waals surface area contributed by atoms with Crippen LogP contribution in [-0.2, 0) is 12.6 Å². The van der Waals surface area contributed by atoms with Crippen LogP contribution in [-0.4, -0.2) is 9.78 Å². The lowest BCUT2D eigenvalue weighted by Crippen LogP contribution is -2.12. The van der Waals surface area contributed by atoms with Crippen molar-refractivity contribution in [1.29, 1.82) is 0 Å². The van der Waals surface area contributed by atoms with Crippen LogP contribution in [0.15, 0.2) is 28.7 Å². The molecule has 0 aliphatic heterocycles. The molecule has 2 aromatic rings. The summed E-state index contributed by atoms with van der Waals surface area (Å²) in [5.41, 5.74) is 0.452. The standard InChI is InChI=1S/C14H11BrClF3N2/c15-8-3-1-4-9(7-8)21-12-10(5-2-6-11(12)16)13(20-21)14(17,18)19/h1,3-4,7,11H,2,5-6H2. The minimum absolute atomic E-state index is 0.230. The third-order valence-corrected chi connectivity index (χ3v) is 4.44. The Kier molecular flexibility index (Phi) is 3.78. The summed E-state index contributed by atoms with van der Waals surface area (Å²) in [7, 11) is 0. The average molecular weight is 380 g/mol. The van der Waals surface area contributed by atoms with E-state index in [0.717, 1.165) is 4.47 Å². The summed E-state index contributed by atoms with van der Waals surface area (Å²) >= 11 is 9.59. The molecular weight excluding hydrogens is 369 g/mol. The van der Waals surface area contributed by atoms with Gasteiger partial charge in [0.05, 0.1) is 16.8 Å². The second kappa shape index (κ2) is 5.32. The summed E-state index contributed by atoms with van der Waals surface area (Å²) in [5.74, 6) is 0. The molecule has 21 heavy (non-hydrogen) atoms. The van der Waals surface area contributed by atoms with Gasteiger partial charge in [0.15, 0.2) is 5.69 Å². The predicted octanol–water partition coefficient (Wildman–Crippen LogP) is 5.27. The molecule has 0 amide bonds. The monoisotopic (exact) mass is 378 g/mol. The molecule has 112 valence electrons. The van der Waals surface area contributed by atoms with Crippen LogP contribution in [0.1, 0.15) is 35.2 Å². The summed E-state index contributed by atoms with van der Waals surface area (Å²) in [6.07, 6.45) is -2.79. The lowest BCUT2D eigenvalue weighted by atomic mass is 9.95. The van der Waals surface area contributed by atoms with Gasteiger partial charge in [0, 0.05) is 10.0 Å². The fourth-order valence-electron chi connectivity index (χ4n) is 2.66. The maximum absolute atomic E-state index is 13.2. The molecule has 1 aromatic carbocycles. The van der Waals surface area contributed by atoms with Crippen molar-refractivity contribution >= 4 is 27.5 Å². The first-order valence-corrected chi connectivity index (χ1v) is 7.70. The highest BCUT2D eigenvalue weighted by atomic mass is 79.9. The molecule has 0 fully saturated rings. The van der Waals surface area contributed by atoms with Crippen molar-refractivity contribution in [3.63, 3.8) is 0 Å². The van der Waals surface area contributed by atoms with Crippen LogP contribution in [0.3, 0.4) is 0 Å². The molecular formula is C14H11BrClF3N2. The van der Waals surface area contributed by atoms with Gasteiger partial charge in [-0.05, 0) is 37.5 Å². The zero-order valence-electron chi connectivity index (χ0n) is 10.8. The summed E-state index contributed by atoms with van der Waals surface area (Å²) in [6, 6.07) is 7.01. The fraction of sp³-hybridized carbons (Fsp3) is 0.357. The first-order chi connectivity index (χ1) is 9.88. The molecule has 0 N–H and O–H groups in total. The molecule has 0 radical (unpaired) electrons. The normalized spacial score (nSPS) is 18.6. The number of alkyl halides is 4. The molecule has 1 aliphatic rings. The highest BCUT2D eigenvalue weighted by Crippen LogP contribution is 2.42. The van der Waals surface area contributed by atoms with Crippen molar-refractivity contribution in [3.05, 3.63) is 45.7 Å². The van der Waals surface area contributed by atoms with Crippen LogP contribution in [0.4, 0.5) is 13.2 Å². The highest BCUT2D eigenvalue weighted by molar-refractivity contribution is 9.10. The summed E-state index contributed by atoms with van der Waals surface area (Å²) < 4.78 is 41.7. The largest absolute Gasteiger partial charge is 0.435 e. The van der Waals surface area contributed by atoms with Gasteiger partial charge in [0.1, 0.15) is 0 Å². The Morgan fingerprint density at radius 3 is 2.76 bits per heavy atom. The van der Waals surface area contributed by atoms with E-state index in [0.29, 0.717) is 30.6 Å². The lowest BCUT2D eigenvalue weighted by molar-refractivity contribution is -0.142. The Balaban J connectivity index is 2.24. The molecule has 2 nitrogen and oxygen atoms in total. The number of nitrogens with zero attached hydrogens (tertiary/aromatic N) is 2. The molecule has 1 aliphatic carbocycles. The number of fused-ring (bicyclic) bond motifs is 1. The van der Waals surface area contributed by atoms with Crippen LogP contribution < -0.4 is 0 Å². The number of benzene rings is 1. The third-order valence-electron chi connectivity index (χ3n) is 3.53. The Morgan fingerprint density at radius 1 is 1.33 bits per heavy atom. The van der Waals surface area contributed by atoms with Gasteiger partial charge in [0.2, 0.25) is 0 Å². The van der Waals surface area contributed by atoms with Crippen molar-refractivity contribution in [3.8, 4) is 5.69 Å². The van der Waals surface area contributed by atoms with E-state index in [1.165, 1.54) is 4.68 Å². The molecule has 1 heterocycles. The Morgan fingerprint density at radius 2 is 2.10 bits per heavy atom. The number of hydrogen-bond donors (Lipinski definition) is 0. The van der Waals surface area contributed by atoms with Crippen LogP contribution in [0.25, 0.3) is 5.69 Å². The van der Waals surface area contributed by atoms with Gasteiger partial charge in [-0.1, -0.05) is 22.0 Å². The molecule has 0 saturated carbocycles. The first-order valence-electron chi connectivity index (χ1n) is 6.47. The molecule has 1 atom stereocenters. The molecule has 1 aromatic heterocycles. The van der Waals surface area contributed by atoms with Crippen LogP contribution >= 0.6 is 27.5 Å². The van der Waals surface area contributed by atoms with Gasteiger partial charge in [-0.25, -0.2) is 4.68 Å². The first kappa shape index (κ1) is 14.9. The van der Waals surface area contributed by atoms with E-state index in [1.54, 1.807) is 18.2 Å². The Bertz CT molecular complexity index is 681. The third kappa shape index (κ3) is 2.71. The lowest BCUT2D eigenvalue weighted by Gasteiger charge is -2.19. The second-order valence-electron chi connectivity index (χ2n) is 4.96. The average Bonchev–Trinajstić information content (AvgIpc) is 2.79. The van der Waals surface area contributed by atoms with Gasteiger partial charge >= 0.3 is 6.18 Å². The summed E-state index contributed by atoms with van der Waals surface area (Å²) in [4.78, 5) is 0. The van der Waals surface area contributed by atoms with Gasteiger partial charge < -0.3 is 0 Å². The zero-order valence-corrected chi connectivity index (χ0v) is 13.1. The van der Waals surface area contributed by atoms with E-state index >= 15 is 0 Å². The van der Waals surface area contributed by atoms with E-state index in [2.05, 4.69) is 21.0 Å². The smallest absolute Gasteiger partial charge is 0.235 e. The van der Waals surface area contributed by atoms with Gasteiger partial charge in [-0.3, -0.25) is 0 Å². The van der Waals surface area contributed by atoms with Crippen molar-refractivity contribution in [2.75, 3.05) is 0 Å². The quantitative estimate of drug-likeness (QED) is 0.617. The SMILES string of the molecule is FC(F)(F)c1nn(-c2cccc(Br)c2)c2c1CCCC2Cl. The number of halogens is 5. The molecule has 7 heteroatoms. The van der Waals surface area contributed by atoms with Crippen molar-refractivity contribution in [1.82, 2.24) is 9.78 Å². The molecule has 0 saturated heterocycles. The van der Waals surface area contributed by atoms with E-state index in [1.807, 2.05) is 6.07 Å². The van der Waals surface area contributed by atoms with E-state index in [-0.39, 0.29) is 5.56 Å². The Hall–Kier alpha value is -1.01. The number of hydrogen-bond acceptors (Lipinski definition) is 1. The Labute approximate surface area is 133 Å². The van der Waals surface area contributed by atoms with E-state index < -0.39 is 17.2 Å². The van der Waals surface area contributed by atoms with Crippen LogP contribution in [0, 0.1) is 0 Å². The van der Waals surface area contributed by atoms with Crippen molar-refractivity contribution in [2.45, 2.75) is 30.8 Å². The maximum atomic E-state index is 13.2. The van der Waals surface area contributed by atoms with Gasteiger partial charge in [-0.2, -0.15) is 18.3 Å². The molecule has 0 spiro atoms. The van der Waals surface area contributed by atoms with E-state index in [9.17, 15) is 13.2 Å². The minimum Gasteiger partial charge on any atom is -0.235 e. The predicted molar refractivity (Wildman–Crippen MR) is 77.8 cm³/mol. The van der Waals surface area contributed by atoms with Crippen LogP contribution in [0.2, 0.25) is 0 Å². The summed E-state index contributed by atoms with van der Waals surface area (Å²) in [5, 5.41) is 3.36. The number of aromatic nitrogens is 2. The van der Waals surface area contributed by atoms with Gasteiger partial charge in [-0.15, -0.1) is 11.6 Å². The second-order valence-corrected chi connectivity index (χ2v) is 6.40. The van der Waals surface area contributed by atoms with E-state index in [4.69, 9.17) is 11.6 Å². The van der Waals surface area contributed by atoms with Crippen molar-refractivity contribution in [2.24, 2.45) is 0 Å². The van der Waals surface area contributed by atoms with Gasteiger partial charge in [0.25, 0.3) is 0 Å². The highest BCUT2D eigenvalue weighted by Gasteiger charge is 2.41. The maximum Gasteiger partial charge on any atom is 0.435 e. The topological polar surface area (TPSA) is 17.8 Å². The molecule has 3 rings (SSSR count). The van der Waals surface area contributed by atoms with Crippen molar-refractivity contribution < 1.29 is 13.2 Å². The van der Waals surface area contributed by atoms with Crippen LogP contribution in [0.5, 0.6) is 0 Å². The zero-order chi connectivity index (χ0) is 15.2.